The van der Waals surface area contributed by atoms with Crippen molar-refractivity contribution in [2.24, 2.45) is 0 Å². The van der Waals surface area contributed by atoms with E-state index in [1.165, 1.54) is 0 Å². The average molecular weight is 361 g/mol. The summed E-state index contributed by atoms with van der Waals surface area (Å²) in [5.74, 6) is 0.751. The van der Waals surface area contributed by atoms with E-state index in [9.17, 15) is 4.79 Å². The predicted molar refractivity (Wildman–Crippen MR) is 106 cm³/mol. The van der Waals surface area contributed by atoms with Crippen LogP contribution in [0.25, 0.3) is 33.1 Å². The van der Waals surface area contributed by atoms with E-state index in [0.717, 1.165) is 38.8 Å². The first kappa shape index (κ1) is 16.9. The SMILES string of the molecule is CCOC(=O)Nc1cccc2c1[nH]c1c(-c3ccccc3OC)nccc12. The molecule has 0 aliphatic heterocycles. The Kier molecular flexibility index (Phi) is 4.38. The molecule has 0 spiro atoms. The second-order valence-electron chi connectivity index (χ2n) is 5.98. The summed E-state index contributed by atoms with van der Waals surface area (Å²) >= 11 is 0. The monoisotopic (exact) mass is 361 g/mol. The van der Waals surface area contributed by atoms with E-state index in [0.29, 0.717) is 12.3 Å². The summed E-state index contributed by atoms with van der Waals surface area (Å²) in [5.41, 5.74) is 4.06. The summed E-state index contributed by atoms with van der Waals surface area (Å²) in [4.78, 5) is 19.9. The number of rotatable bonds is 4. The highest BCUT2D eigenvalue weighted by atomic mass is 16.5. The fourth-order valence-electron chi connectivity index (χ4n) is 3.27. The van der Waals surface area contributed by atoms with Gasteiger partial charge in [0, 0.05) is 22.5 Å². The number of H-pyrrole nitrogens is 1. The summed E-state index contributed by atoms with van der Waals surface area (Å²) in [5, 5.41) is 4.81. The van der Waals surface area contributed by atoms with Gasteiger partial charge in [-0.3, -0.25) is 10.3 Å². The molecule has 2 heterocycles. The van der Waals surface area contributed by atoms with Crippen molar-refractivity contribution in [1.29, 1.82) is 0 Å². The minimum Gasteiger partial charge on any atom is -0.496 e. The van der Waals surface area contributed by atoms with Crippen molar-refractivity contribution in [1.82, 2.24) is 9.97 Å². The highest BCUT2D eigenvalue weighted by Crippen LogP contribution is 2.37. The first-order valence-corrected chi connectivity index (χ1v) is 8.69. The van der Waals surface area contributed by atoms with E-state index < -0.39 is 6.09 Å². The standard InChI is InChI=1S/C21H19N3O3/c1-3-27-21(25)23-16-9-6-8-13-14-11-12-22-19(20(14)24-18(13)16)15-7-4-5-10-17(15)26-2/h4-12,24H,3H2,1-2H3,(H,23,25). The molecule has 4 aromatic rings. The van der Waals surface area contributed by atoms with E-state index in [4.69, 9.17) is 9.47 Å². The Morgan fingerprint density at radius 1 is 1.07 bits per heavy atom. The van der Waals surface area contributed by atoms with E-state index in [2.05, 4.69) is 15.3 Å². The Morgan fingerprint density at radius 3 is 2.70 bits per heavy atom. The third kappa shape index (κ3) is 2.95. The number of para-hydroxylation sites is 2. The molecule has 6 heteroatoms. The number of methoxy groups -OCH3 is 1. The summed E-state index contributed by atoms with van der Waals surface area (Å²) in [7, 11) is 1.64. The Bertz CT molecular complexity index is 1130. The molecule has 0 aliphatic carbocycles. The van der Waals surface area contributed by atoms with Gasteiger partial charge in [0.1, 0.15) is 5.75 Å². The summed E-state index contributed by atoms with van der Waals surface area (Å²) in [6.45, 7) is 2.09. The molecule has 2 aromatic heterocycles. The van der Waals surface area contributed by atoms with Crippen LogP contribution in [0.1, 0.15) is 6.92 Å². The van der Waals surface area contributed by atoms with Crippen molar-refractivity contribution in [3.05, 3.63) is 54.7 Å². The van der Waals surface area contributed by atoms with Crippen LogP contribution in [0.15, 0.2) is 54.7 Å². The zero-order chi connectivity index (χ0) is 18.8. The van der Waals surface area contributed by atoms with Gasteiger partial charge >= 0.3 is 6.09 Å². The van der Waals surface area contributed by atoms with Crippen molar-refractivity contribution < 1.29 is 14.3 Å². The maximum atomic E-state index is 11.9. The fourth-order valence-corrected chi connectivity index (χ4v) is 3.27. The van der Waals surface area contributed by atoms with Gasteiger partial charge in [-0.05, 0) is 31.2 Å². The first-order chi connectivity index (χ1) is 13.2. The van der Waals surface area contributed by atoms with Crippen molar-refractivity contribution in [3.8, 4) is 17.0 Å². The van der Waals surface area contributed by atoms with Crippen LogP contribution in [0.2, 0.25) is 0 Å². The van der Waals surface area contributed by atoms with E-state index in [1.807, 2.05) is 48.5 Å². The van der Waals surface area contributed by atoms with Crippen LogP contribution < -0.4 is 10.1 Å². The van der Waals surface area contributed by atoms with Gasteiger partial charge in [-0.2, -0.15) is 0 Å². The van der Waals surface area contributed by atoms with Crippen molar-refractivity contribution in [3.63, 3.8) is 0 Å². The lowest BCUT2D eigenvalue weighted by atomic mass is 10.1. The number of hydrogen-bond donors (Lipinski definition) is 2. The fraction of sp³-hybridized carbons (Fsp3) is 0.143. The van der Waals surface area contributed by atoms with Crippen LogP contribution in [0.5, 0.6) is 5.75 Å². The van der Waals surface area contributed by atoms with Crippen molar-refractivity contribution >= 4 is 33.6 Å². The number of nitrogens with one attached hydrogen (secondary N) is 2. The second-order valence-corrected chi connectivity index (χ2v) is 5.98. The molecule has 2 aromatic carbocycles. The third-order valence-corrected chi connectivity index (χ3v) is 4.43. The topological polar surface area (TPSA) is 76.2 Å². The molecule has 0 bridgehead atoms. The molecule has 0 fully saturated rings. The van der Waals surface area contributed by atoms with Gasteiger partial charge in [-0.25, -0.2) is 4.79 Å². The first-order valence-electron chi connectivity index (χ1n) is 8.69. The maximum Gasteiger partial charge on any atom is 0.411 e. The van der Waals surface area contributed by atoms with Gasteiger partial charge in [0.2, 0.25) is 0 Å². The number of carbonyl (C=O) groups excluding carboxylic acids is 1. The highest BCUT2D eigenvalue weighted by molar-refractivity contribution is 6.15. The summed E-state index contributed by atoms with van der Waals surface area (Å²) in [6.07, 6.45) is 1.30. The molecule has 1 amide bonds. The van der Waals surface area contributed by atoms with Crippen LogP contribution in [0.4, 0.5) is 10.5 Å². The van der Waals surface area contributed by atoms with Crippen LogP contribution >= 0.6 is 0 Å². The number of fused-ring (bicyclic) bond motifs is 3. The minimum atomic E-state index is -0.480. The normalized spacial score (nSPS) is 10.9. The number of hydrogen-bond acceptors (Lipinski definition) is 4. The van der Waals surface area contributed by atoms with Crippen LogP contribution in [0.3, 0.4) is 0 Å². The third-order valence-electron chi connectivity index (χ3n) is 4.43. The Morgan fingerprint density at radius 2 is 1.89 bits per heavy atom. The summed E-state index contributed by atoms with van der Waals surface area (Å²) < 4.78 is 10.5. The van der Waals surface area contributed by atoms with Gasteiger partial charge < -0.3 is 14.5 Å². The highest BCUT2D eigenvalue weighted by Gasteiger charge is 2.16. The Hall–Kier alpha value is -3.54. The number of nitrogens with zero attached hydrogens (tertiary/aromatic N) is 1. The number of aromatic amines is 1. The molecule has 0 radical (unpaired) electrons. The number of carbonyl (C=O) groups is 1. The van der Waals surface area contributed by atoms with Gasteiger partial charge in [-0.1, -0.05) is 24.3 Å². The lowest BCUT2D eigenvalue weighted by Gasteiger charge is -2.08. The predicted octanol–water partition coefficient (Wildman–Crippen LogP) is 4.96. The molecular weight excluding hydrogens is 342 g/mol. The molecule has 0 unspecified atom stereocenters. The zero-order valence-corrected chi connectivity index (χ0v) is 15.1. The van der Waals surface area contributed by atoms with Gasteiger partial charge in [-0.15, -0.1) is 0 Å². The molecule has 27 heavy (non-hydrogen) atoms. The molecule has 0 saturated heterocycles. The average Bonchev–Trinajstić information content (AvgIpc) is 3.08. The quantitative estimate of drug-likeness (QED) is 0.539. The zero-order valence-electron chi connectivity index (χ0n) is 15.1. The van der Waals surface area contributed by atoms with Crippen molar-refractivity contribution in [2.75, 3.05) is 19.0 Å². The second kappa shape index (κ2) is 6.99. The molecule has 0 atom stereocenters. The summed E-state index contributed by atoms with van der Waals surface area (Å²) in [6, 6.07) is 15.5. The molecule has 136 valence electrons. The molecule has 6 nitrogen and oxygen atoms in total. The van der Waals surface area contributed by atoms with Gasteiger partial charge in [0.25, 0.3) is 0 Å². The number of anilines is 1. The van der Waals surface area contributed by atoms with E-state index in [-0.39, 0.29) is 0 Å². The number of benzene rings is 2. The van der Waals surface area contributed by atoms with Crippen LogP contribution in [-0.2, 0) is 4.74 Å². The van der Waals surface area contributed by atoms with Crippen molar-refractivity contribution in [2.45, 2.75) is 6.92 Å². The molecule has 4 rings (SSSR count). The van der Waals surface area contributed by atoms with Gasteiger partial charge in [0.15, 0.2) is 0 Å². The Balaban J connectivity index is 1.93. The largest absolute Gasteiger partial charge is 0.496 e. The molecule has 0 aliphatic rings. The lowest BCUT2D eigenvalue weighted by Crippen LogP contribution is -2.13. The number of aromatic nitrogens is 2. The lowest BCUT2D eigenvalue weighted by molar-refractivity contribution is 0.168. The smallest absolute Gasteiger partial charge is 0.411 e. The number of pyridine rings is 1. The van der Waals surface area contributed by atoms with Crippen LogP contribution in [-0.4, -0.2) is 29.8 Å². The number of amides is 1. The molecule has 2 N–H and O–H groups in total. The number of ether oxygens (including phenoxy) is 2. The maximum absolute atomic E-state index is 11.9. The molecule has 0 saturated carbocycles. The van der Waals surface area contributed by atoms with E-state index >= 15 is 0 Å². The van der Waals surface area contributed by atoms with Gasteiger partial charge in [0.05, 0.1) is 36.1 Å². The molecular formula is C21H19N3O3. The Labute approximate surface area is 156 Å². The minimum absolute atomic E-state index is 0.316. The van der Waals surface area contributed by atoms with E-state index in [1.54, 1.807) is 20.2 Å². The van der Waals surface area contributed by atoms with Crippen LogP contribution in [0, 0.1) is 0 Å².